The Balaban J connectivity index is 0.000000136. The Kier molecular flexibility index (Phi) is 4.17. The van der Waals surface area contributed by atoms with Crippen molar-refractivity contribution in [1.82, 2.24) is 9.80 Å². The predicted octanol–water partition coefficient (Wildman–Crippen LogP) is 0.708. The average molecular weight is 250 g/mol. The van der Waals surface area contributed by atoms with Crippen molar-refractivity contribution >= 4 is 5.97 Å². The monoisotopic (exact) mass is 250 g/mol. The van der Waals surface area contributed by atoms with Crippen LogP contribution in [0.2, 0.25) is 0 Å². The van der Waals surface area contributed by atoms with Crippen molar-refractivity contribution in [3.8, 4) is 5.75 Å². The van der Waals surface area contributed by atoms with Crippen LogP contribution in [-0.2, 0) is 0 Å². The number of piperazine rings is 3. The number of hydrogen-bond donors (Lipinski definition) is 2. The van der Waals surface area contributed by atoms with E-state index < -0.39 is 5.97 Å². The van der Waals surface area contributed by atoms with Crippen molar-refractivity contribution < 1.29 is 15.0 Å². The van der Waals surface area contributed by atoms with Crippen LogP contribution in [-0.4, -0.2) is 65.3 Å². The van der Waals surface area contributed by atoms with E-state index >= 15 is 0 Å². The van der Waals surface area contributed by atoms with Crippen molar-refractivity contribution in [1.29, 1.82) is 0 Å². The summed E-state index contributed by atoms with van der Waals surface area (Å²) >= 11 is 0. The zero-order valence-corrected chi connectivity index (χ0v) is 10.2. The SMILES string of the molecule is C1CN2CCN1CC2.O=C(O)c1ccccc1O. The molecule has 3 fully saturated rings. The second kappa shape index (κ2) is 5.84. The van der Waals surface area contributed by atoms with Gasteiger partial charge < -0.3 is 10.2 Å². The fraction of sp³-hybridized carbons (Fsp3) is 0.462. The number of phenols is 1. The molecule has 18 heavy (non-hydrogen) atoms. The summed E-state index contributed by atoms with van der Waals surface area (Å²) in [7, 11) is 0. The van der Waals surface area contributed by atoms with Gasteiger partial charge in [-0.2, -0.15) is 0 Å². The van der Waals surface area contributed by atoms with Crippen LogP contribution in [0.1, 0.15) is 10.4 Å². The lowest BCUT2D eigenvalue weighted by Gasteiger charge is -2.41. The van der Waals surface area contributed by atoms with E-state index in [1.807, 2.05) is 0 Å². The normalized spacial score (nSPS) is 25.1. The summed E-state index contributed by atoms with van der Waals surface area (Å²) in [6.07, 6.45) is 0. The highest BCUT2D eigenvalue weighted by molar-refractivity contribution is 5.90. The molecule has 5 heteroatoms. The third-order valence-corrected chi connectivity index (χ3v) is 3.33. The van der Waals surface area contributed by atoms with Gasteiger partial charge in [-0.05, 0) is 12.1 Å². The molecule has 0 saturated carbocycles. The molecule has 1 aromatic rings. The maximum Gasteiger partial charge on any atom is 0.339 e. The Morgan fingerprint density at radius 3 is 1.67 bits per heavy atom. The Bertz CT molecular complexity index is 391. The molecule has 98 valence electrons. The Hall–Kier alpha value is -1.59. The molecule has 2 N–H and O–H groups in total. The van der Waals surface area contributed by atoms with Crippen LogP contribution in [0, 0.1) is 0 Å². The molecule has 3 aliphatic heterocycles. The van der Waals surface area contributed by atoms with Crippen LogP contribution in [0.5, 0.6) is 5.75 Å². The number of rotatable bonds is 1. The molecule has 2 bridgehead atoms. The number of para-hydroxylation sites is 1. The number of carbonyl (C=O) groups is 1. The first kappa shape index (κ1) is 12.9. The van der Waals surface area contributed by atoms with Gasteiger partial charge >= 0.3 is 5.97 Å². The molecule has 0 aliphatic carbocycles. The molecule has 0 aromatic heterocycles. The number of carboxylic acids is 1. The second-order valence-electron chi connectivity index (χ2n) is 4.51. The largest absolute Gasteiger partial charge is 0.507 e. The lowest BCUT2D eigenvalue weighted by atomic mass is 10.2. The van der Waals surface area contributed by atoms with Gasteiger partial charge in [0.15, 0.2) is 0 Å². The van der Waals surface area contributed by atoms with Gasteiger partial charge in [-0.3, -0.25) is 9.80 Å². The number of aromatic carboxylic acids is 1. The van der Waals surface area contributed by atoms with E-state index in [0.29, 0.717) is 0 Å². The Morgan fingerprint density at radius 1 is 0.944 bits per heavy atom. The van der Waals surface area contributed by atoms with Crippen LogP contribution in [0.3, 0.4) is 0 Å². The smallest absolute Gasteiger partial charge is 0.339 e. The summed E-state index contributed by atoms with van der Waals surface area (Å²) < 4.78 is 0. The predicted molar refractivity (Wildman–Crippen MR) is 67.9 cm³/mol. The van der Waals surface area contributed by atoms with Gasteiger partial charge in [0.2, 0.25) is 0 Å². The molecule has 5 nitrogen and oxygen atoms in total. The minimum absolute atomic E-state index is 0.0671. The van der Waals surface area contributed by atoms with E-state index in [2.05, 4.69) is 9.80 Å². The molecule has 3 aliphatic rings. The maximum absolute atomic E-state index is 10.3. The van der Waals surface area contributed by atoms with Gasteiger partial charge in [0, 0.05) is 39.3 Å². The number of nitrogens with zero attached hydrogens (tertiary/aromatic N) is 2. The van der Waals surface area contributed by atoms with E-state index in [9.17, 15) is 4.79 Å². The first-order chi connectivity index (χ1) is 8.66. The number of benzene rings is 1. The summed E-state index contributed by atoms with van der Waals surface area (Å²) in [6.45, 7) is 7.92. The lowest BCUT2D eigenvalue weighted by Crippen LogP contribution is -2.55. The zero-order valence-electron chi connectivity index (χ0n) is 10.2. The van der Waals surface area contributed by atoms with Crippen molar-refractivity contribution in [2.45, 2.75) is 0 Å². The summed E-state index contributed by atoms with van der Waals surface area (Å²) in [6, 6.07) is 5.81. The summed E-state index contributed by atoms with van der Waals surface area (Å²) in [5, 5.41) is 17.3. The maximum atomic E-state index is 10.3. The van der Waals surface area contributed by atoms with Crippen LogP contribution in [0.15, 0.2) is 24.3 Å². The quantitative estimate of drug-likeness (QED) is 0.768. The molecule has 0 spiro atoms. The van der Waals surface area contributed by atoms with Crippen LogP contribution < -0.4 is 0 Å². The van der Waals surface area contributed by atoms with E-state index in [-0.39, 0.29) is 11.3 Å². The lowest BCUT2D eigenvalue weighted by molar-refractivity contribution is 0.0647. The van der Waals surface area contributed by atoms with Crippen molar-refractivity contribution in [3.05, 3.63) is 29.8 Å². The summed E-state index contributed by atoms with van der Waals surface area (Å²) in [4.78, 5) is 15.3. The van der Waals surface area contributed by atoms with Gasteiger partial charge in [-0.25, -0.2) is 4.79 Å². The molecule has 3 saturated heterocycles. The minimum Gasteiger partial charge on any atom is -0.507 e. The Labute approximate surface area is 106 Å². The fourth-order valence-corrected chi connectivity index (χ4v) is 2.17. The summed E-state index contributed by atoms with van der Waals surface area (Å²) in [5.41, 5.74) is -0.0671. The van der Waals surface area contributed by atoms with E-state index in [1.54, 1.807) is 12.1 Å². The number of hydrogen-bond acceptors (Lipinski definition) is 4. The number of fused-ring (bicyclic) bond motifs is 3. The topological polar surface area (TPSA) is 64.0 Å². The van der Waals surface area contributed by atoms with Gasteiger partial charge in [0.1, 0.15) is 11.3 Å². The highest BCUT2D eigenvalue weighted by atomic mass is 16.4. The molecule has 0 radical (unpaired) electrons. The van der Waals surface area contributed by atoms with Crippen molar-refractivity contribution in [3.63, 3.8) is 0 Å². The highest BCUT2D eigenvalue weighted by Gasteiger charge is 2.21. The zero-order chi connectivity index (χ0) is 13.0. The van der Waals surface area contributed by atoms with E-state index in [4.69, 9.17) is 10.2 Å². The van der Waals surface area contributed by atoms with Crippen molar-refractivity contribution in [2.24, 2.45) is 0 Å². The number of carboxylic acid groups (broad SMARTS) is 1. The third kappa shape index (κ3) is 3.21. The van der Waals surface area contributed by atoms with Crippen LogP contribution >= 0.6 is 0 Å². The second-order valence-corrected chi connectivity index (χ2v) is 4.51. The third-order valence-electron chi connectivity index (χ3n) is 3.33. The Morgan fingerprint density at radius 2 is 1.39 bits per heavy atom. The molecular weight excluding hydrogens is 232 g/mol. The standard InChI is InChI=1S/C7H6O3.C6H12N2/c8-6-4-2-1-3-5(6)7(9)10;1-2-8-5-3-7(1)4-6-8/h1-4,8H,(H,9,10);1-6H2. The van der Waals surface area contributed by atoms with Gasteiger partial charge in [0.05, 0.1) is 0 Å². The molecule has 1 aromatic carbocycles. The van der Waals surface area contributed by atoms with E-state index in [1.165, 1.54) is 51.4 Å². The van der Waals surface area contributed by atoms with E-state index in [0.717, 1.165) is 0 Å². The average Bonchev–Trinajstić information content (AvgIpc) is 2.42. The van der Waals surface area contributed by atoms with Gasteiger partial charge in [-0.15, -0.1) is 0 Å². The molecule has 4 rings (SSSR count). The minimum atomic E-state index is -1.11. The van der Waals surface area contributed by atoms with Crippen LogP contribution in [0.4, 0.5) is 0 Å². The number of aromatic hydroxyl groups is 1. The molecule has 0 amide bonds. The molecule has 0 atom stereocenters. The van der Waals surface area contributed by atoms with Gasteiger partial charge in [-0.1, -0.05) is 12.1 Å². The summed E-state index contributed by atoms with van der Waals surface area (Å²) in [5.74, 6) is -1.31. The first-order valence-electron chi connectivity index (χ1n) is 6.13. The first-order valence-corrected chi connectivity index (χ1v) is 6.13. The molecule has 3 heterocycles. The fourth-order valence-electron chi connectivity index (χ4n) is 2.17. The van der Waals surface area contributed by atoms with Crippen LogP contribution in [0.25, 0.3) is 0 Å². The highest BCUT2D eigenvalue weighted by Crippen LogP contribution is 2.14. The molecule has 0 unspecified atom stereocenters. The van der Waals surface area contributed by atoms with Crippen molar-refractivity contribution in [2.75, 3.05) is 39.3 Å². The van der Waals surface area contributed by atoms with Gasteiger partial charge in [0.25, 0.3) is 0 Å². The molecular formula is C13H18N2O3.